The van der Waals surface area contributed by atoms with E-state index >= 15 is 0 Å². The van der Waals surface area contributed by atoms with Crippen LogP contribution >= 0.6 is 0 Å². The van der Waals surface area contributed by atoms with Crippen LogP contribution in [0.2, 0.25) is 0 Å². The van der Waals surface area contributed by atoms with Crippen LogP contribution in [0.4, 0.5) is 29.2 Å². The molecule has 1 amide bonds. The number of nitrogens with zero attached hydrogens (tertiary/aromatic N) is 2. The Morgan fingerprint density at radius 2 is 1.93 bits per heavy atom. The number of rotatable bonds is 5. The number of nitrogens with two attached hydrogens (primary N) is 1. The molecule has 30 heavy (non-hydrogen) atoms. The first kappa shape index (κ1) is 20.8. The Hall–Kier alpha value is -3.95. The molecule has 2 aromatic carbocycles. The Labute approximate surface area is 168 Å². The molecule has 0 atom stereocenters. The maximum atomic E-state index is 13.3. The van der Waals surface area contributed by atoms with Gasteiger partial charge >= 0.3 is 6.18 Å². The minimum absolute atomic E-state index is 0.0506. The molecule has 0 spiro atoms. The molecule has 0 bridgehead atoms. The SMILES string of the molecule is Nc1nccc(Oc2cccc(C=CC(=O)Nc3ccc(F)c(C(F)(F)F)c3)c2)n1. The predicted octanol–water partition coefficient (Wildman–Crippen LogP) is 4.66. The van der Waals surface area contributed by atoms with E-state index in [1.165, 1.54) is 18.3 Å². The summed E-state index contributed by atoms with van der Waals surface area (Å²) in [5.41, 5.74) is 4.43. The molecule has 154 valence electrons. The van der Waals surface area contributed by atoms with Gasteiger partial charge in [0.1, 0.15) is 11.6 Å². The van der Waals surface area contributed by atoms with Crippen molar-refractivity contribution in [2.45, 2.75) is 6.18 Å². The molecule has 1 heterocycles. The number of carbonyl (C=O) groups is 1. The summed E-state index contributed by atoms with van der Waals surface area (Å²) in [6.45, 7) is 0. The first-order chi connectivity index (χ1) is 14.2. The highest BCUT2D eigenvalue weighted by molar-refractivity contribution is 6.02. The number of aromatic nitrogens is 2. The zero-order chi connectivity index (χ0) is 21.7. The summed E-state index contributed by atoms with van der Waals surface area (Å²) in [6.07, 6.45) is -0.871. The Kier molecular flexibility index (Phi) is 5.95. The second-order valence-corrected chi connectivity index (χ2v) is 5.94. The van der Waals surface area contributed by atoms with Crippen LogP contribution in [0.15, 0.2) is 60.8 Å². The quantitative estimate of drug-likeness (QED) is 0.465. The first-order valence-electron chi connectivity index (χ1n) is 8.43. The lowest BCUT2D eigenvalue weighted by molar-refractivity contribution is -0.140. The van der Waals surface area contributed by atoms with Crippen molar-refractivity contribution in [3.63, 3.8) is 0 Å². The van der Waals surface area contributed by atoms with Crippen LogP contribution in [0.3, 0.4) is 0 Å². The van der Waals surface area contributed by atoms with Crippen molar-refractivity contribution in [1.82, 2.24) is 9.97 Å². The highest BCUT2D eigenvalue weighted by atomic mass is 19.4. The molecular weight excluding hydrogens is 404 g/mol. The molecule has 3 N–H and O–H groups in total. The molecule has 0 saturated carbocycles. The van der Waals surface area contributed by atoms with Crippen molar-refractivity contribution < 1.29 is 27.1 Å². The molecule has 3 aromatic rings. The highest BCUT2D eigenvalue weighted by Crippen LogP contribution is 2.33. The normalized spacial score (nSPS) is 11.5. The molecule has 3 rings (SSSR count). The van der Waals surface area contributed by atoms with Gasteiger partial charge in [0.2, 0.25) is 17.7 Å². The van der Waals surface area contributed by atoms with Crippen LogP contribution in [0, 0.1) is 5.82 Å². The van der Waals surface area contributed by atoms with Crippen LogP contribution < -0.4 is 15.8 Å². The van der Waals surface area contributed by atoms with E-state index in [2.05, 4.69) is 15.3 Å². The van der Waals surface area contributed by atoms with Gasteiger partial charge in [-0.15, -0.1) is 0 Å². The number of halogens is 4. The molecule has 0 fully saturated rings. The van der Waals surface area contributed by atoms with Gasteiger partial charge in [0.25, 0.3) is 0 Å². The smallest absolute Gasteiger partial charge is 0.419 e. The van der Waals surface area contributed by atoms with E-state index < -0.39 is 23.5 Å². The fraction of sp³-hybridized carbons (Fsp3) is 0.0500. The number of carbonyl (C=O) groups excluding carboxylic acids is 1. The summed E-state index contributed by atoms with van der Waals surface area (Å²) < 4.78 is 57.1. The average molecular weight is 418 g/mol. The maximum absolute atomic E-state index is 13.3. The number of anilines is 2. The van der Waals surface area contributed by atoms with Crippen molar-refractivity contribution in [1.29, 1.82) is 0 Å². The minimum atomic E-state index is -4.87. The van der Waals surface area contributed by atoms with E-state index in [0.29, 0.717) is 23.4 Å². The fourth-order valence-electron chi connectivity index (χ4n) is 2.39. The molecule has 1 aromatic heterocycles. The zero-order valence-electron chi connectivity index (χ0n) is 15.2. The number of alkyl halides is 3. The number of nitrogen functional groups attached to an aromatic ring is 1. The molecule has 0 aliphatic carbocycles. The summed E-state index contributed by atoms with van der Waals surface area (Å²) in [4.78, 5) is 19.7. The fourth-order valence-corrected chi connectivity index (χ4v) is 2.39. The number of hydrogen-bond donors (Lipinski definition) is 2. The minimum Gasteiger partial charge on any atom is -0.439 e. The lowest BCUT2D eigenvalue weighted by Crippen LogP contribution is -2.12. The largest absolute Gasteiger partial charge is 0.439 e. The molecule has 0 aliphatic heterocycles. The van der Waals surface area contributed by atoms with Gasteiger partial charge in [-0.1, -0.05) is 12.1 Å². The van der Waals surface area contributed by atoms with Crippen LogP contribution in [0.25, 0.3) is 6.08 Å². The summed E-state index contributed by atoms with van der Waals surface area (Å²) in [5.74, 6) is -1.40. The number of benzene rings is 2. The Balaban J connectivity index is 1.68. The van der Waals surface area contributed by atoms with Gasteiger partial charge in [-0.3, -0.25) is 4.79 Å². The van der Waals surface area contributed by atoms with Crippen LogP contribution in [0.5, 0.6) is 11.6 Å². The van der Waals surface area contributed by atoms with E-state index in [0.717, 1.165) is 12.1 Å². The summed E-state index contributed by atoms with van der Waals surface area (Å²) in [7, 11) is 0. The van der Waals surface area contributed by atoms with Crippen molar-refractivity contribution in [2.75, 3.05) is 11.1 Å². The predicted molar refractivity (Wildman–Crippen MR) is 102 cm³/mol. The number of ether oxygens (including phenoxy) is 1. The molecule has 10 heteroatoms. The zero-order valence-corrected chi connectivity index (χ0v) is 15.2. The first-order valence-corrected chi connectivity index (χ1v) is 8.43. The van der Waals surface area contributed by atoms with Crippen molar-refractivity contribution in [2.24, 2.45) is 0 Å². The van der Waals surface area contributed by atoms with Gasteiger partial charge in [0, 0.05) is 24.0 Å². The summed E-state index contributed by atoms with van der Waals surface area (Å²) in [6, 6.07) is 10.4. The lowest BCUT2D eigenvalue weighted by Gasteiger charge is -2.10. The van der Waals surface area contributed by atoms with Crippen molar-refractivity contribution in [3.05, 3.63) is 77.7 Å². The van der Waals surface area contributed by atoms with Gasteiger partial charge in [-0.25, -0.2) is 9.37 Å². The molecular formula is C20H14F4N4O2. The second kappa shape index (κ2) is 8.60. The average Bonchev–Trinajstić information content (AvgIpc) is 2.67. The van der Waals surface area contributed by atoms with Gasteiger partial charge in [0.05, 0.1) is 5.56 Å². The van der Waals surface area contributed by atoms with E-state index in [1.807, 2.05) is 0 Å². The third-order valence-electron chi connectivity index (χ3n) is 3.70. The number of amides is 1. The van der Waals surface area contributed by atoms with E-state index in [9.17, 15) is 22.4 Å². The van der Waals surface area contributed by atoms with Crippen LogP contribution in [-0.4, -0.2) is 15.9 Å². The highest BCUT2D eigenvalue weighted by Gasteiger charge is 2.34. The standard InChI is InChI=1S/C20H14F4N4O2/c21-16-6-5-13(11-15(16)20(22,23)24)27-17(29)7-4-12-2-1-3-14(10-12)30-18-8-9-26-19(25)28-18/h1-11H,(H,27,29)(H2,25,26,28). The van der Waals surface area contributed by atoms with E-state index in [-0.39, 0.29) is 17.5 Å². The number of nitrogens with one attached hydrogen (secondary N) is 1. The van der Waals surface area contributed by atoms with Crippen LogP contribution in [-0.2, 0) is 11.0 Å². The Morgan fingerprint density at radius 1 is 1.13 bits per heavy atom. The Bertz CT molecular complexity index is 1100. The van der Waals surface area contributed by atoms with Gasteiger partial charge in [-0.05, 0) is 42.0 Å². The monoisotopic (exact) mass is 418 g/mol. The van der Waals surface area contributed by atoms with Crippen molar-refractivity contribution in [3.8, 4) is 11.6 Å². The molecule has 0 aliphatic rings. The van der Waals surface area contributed by atoms with Crippen molar-refractivity contribution >= 4 is 23.6 Å². The van der Waals surface area contributed by atoms with Gasteiger partial charge in [0.15, 0.2) is 0 Å². The molecule has 0 unspecified atom stereocenters. The molecule has 6 nitrogen and oxygen atoms in total. The Morgan fingerprint density at radius 3 is 2.67 bits per heavy atom. The third-order valence-corrected chi connectivity index (χ3v) is 3.70. The van der Waals surface area contributed by atoms with E-state index in [1.54, 1.807) is 24.3 Å². The van der Waals surface area contributed by atoms with Gasteiger partial charge in [-0.2, -0.15) is 18.2 Å². The summed E-state index contributed by atoms with van der Waals surface area (Å²) >= 11 is 0. The topological polar surface area (TPSA) is 90.1 Å². The molecule has 0 radical (unpaired) electrons. The molecule has 0 saturated heterocycles. The number of hydrogen-bond acceptors (Lipinski definition) is 5. The maximum Gasteiger partial charge on any atom is 0.419 e. The van der Waals surface area contributed by atoms with E-state index in [4.69, 9.17) is 10.5 Å². The van der Waals surface area contributed by atoms with Gasteiger partial charge < -0.3 is 15.8 Å². The van der Waals surface area contributed by atoms with Crippen LogP contribution in [0.1, 0.15) is 11.1 Å². The lowest BCUT2D eigenvalue weighted by atomic mass is 10.1. The second-order valence-electron chi connectivity index (χ2n) is 5.94. The summed E-state index contributed by atoms with van der Waals surface area (Å²) in [5, 5.41) is 2.26. The third kappa shape index (κ3) is 5.53.